The summed E-state index contributed by atoms with van der Waals surface area (Å²) in [7, 11) is -4.23. The number of imidazole rings is 1. The summed E-state index contributed by atoms with van der Waals surface area (Å²) in [6.07, 6.45) is -0.529. The Hall–Kier alpha value is -3.13. The smallest absolute Gasteiger partial charge is 0.459 e. The monoisotopic (exact) mass is 604 g/mol. The average molecular weight is 605 g/mol. The maximum Gasteiger partial charge on any atom is 0.459 e. The molecule has 1 saturated carbocycles. The Morgan fingerprint density at radius 1 is 1.24 bits per heavy atom. The van der Waals surface area contributed by atoms with E-state index in [4.69, 9.17) is 18.5 Å². The fourth-order valence-electron chi connectivity index (χ4n) is 4.60. The number of fused-ring (bicyclic) bond motifs is 1. The molecule has 42 heavy (non-hydrogen) atoms. The predicted octanol–water partition coefficient (Wildman–Crippen LogP) is 2.85. The highest BCUT2D eigenvalue weighted by Gasteiger charge is 2.54. The summed E-state index contributed by atoms with van der Waals surface area (Å²) in [5.74, 6) is 0.671. The molecule has 4 N–H and O–H groups in total. The van der Waals surface area contributed by atoms with Crippen molar-refractivity contribution in [3.05, 3.63) is 42.5 Å². The van der Waals surface area contributed by atoms with Crippen molar-refractivity contribution in [2.75, 3.05) is 11.9 Å². The largest absolute Gasteiger partial charge is 0.462 e. The lowest BCUT2D eigenvalue weighted by Crippen LogP contribution is -2.44. The number of aliphatic hydroxyl groups is 2. The van der Waals surface area contributed by atoms with Crippen molar-refractivity contribution in [2.45, 2.75) is 89.7 Å². The summed E-state index contributed by atoms with van der Waals surface area (Å²) in [5.41, 5.74) is -0.883. The number of esters is 1. The van der Waals surface area contributed by atoms with Crippen molar-refractivity contribution in [1.29, 1.82) is 0 Å². The molecule has 15 heteroatoms. The van der Waals surface area contributed by atoms with Crippen molar-refractivity contribution in [2.24, 2.45) is 0 Å². The summed E-state index contributed by atoms with van der Waals surface area (Å²) < 4.78 is 38.1. The van der Waals surface area contributed by atoms with Crippen molar-refractivity contribution >= 4 is 30.7 Å². The van der Waals surface area contributed by atoms with Crippen molar-refractivity contribution in [3.63, 3.8) is 0 Å². The molecule has 3 heterocycles. The van der Waals surface area contributed by atoms with Crippen molar-refractivity contribution < 1.29 is 38.1 Å². The maximum absolute atomic E-state index is 13.9. The van der Waals surface area contributed by atoms with Crippen LogP contribution < -0.4 is 14.9 Å². The zero-order valence-electron chi connectivity index (χ0n) is 24.1. The number of para-hydroxylation sites is 1. The zero-order chi connectivity index (χ0) is 30.2. The highest BCUT2D eigenvalue weighted by atomic mass is 31.2. The first kappa shape index (κ1) is 30.3. The summed E-state index contributed by atoms with van der Waals surface area (Å²) in [5, 5.41) is 28.4. The first-order chi connectivity index (χ1) is 19.9. The second-order valence-corrected chi connectivity index (χ2v) is 12.8. The normalized spacial score (nSPS) is 26.2. The molecule has 0 radical (unpaired) electrons. The van der Waals surface area contributed by atoms with Crippen LogP contribution in [0.1, 0.15) is 52.6 Å². The van der Waals surface area contributed by atoms with Gasteiger partial charge in [-0.25, -0.2) is 19.5 Å². The molecule has 6 atom stereocenters. The van der Waals surface area contributed by atoms with E-state index < -0.39 is 50.4 Å². The molecule has 5 rings (SSSR count). The fraction of sp³-hybridized carbons (Fsp3) is 0.556. The first-order valence-corrected chi connectivity index (χ1v) is 15.4. The van der Waals surface area contributed by atoms with Gasteiger partial charge in [0.2, 0.25) is 0 Å². The molecule has 2 aromatic heterocycles. The molecule has 0 amide bonds. The number of aliphatic hydroxyl groups excluding tert-OH is 1. The summed E-state index contributed by atoms with van der Waals surface area (Å²) in [6, 6.07) is 7.58. The van der Waals surface area contributed by atoms with E-state index in [9.17, 15) is 19.6 Å². The van der Waals surface area contributed by atoms with E-state index in [1.807, 2.05) is 0 Å². The standard InChI is InChI=1S/C27H37N6O8P/c1-15(2)39-25(35)16(3)32-42(37,41-19-9-7-6-8-10-19)38-13-20-22(34)27(5,36)26(40-20)33-14-28-21-23(31-18-11-12-18)29-17(4)30-24(21)33/h6-10,14-16,18,20,22,26,34,36H,11-13H2,1-5H3,(H,32,37)(H,29,30,31)/t16-,20+,22+,26+,27+,42-/m0/s1. The lowest BCUT2D eigenvalue weighted by Gasteiger charge is -2.27. The number of hydrogen-bond donors (Lipinski definition) is 4. The van der Waals surface area contributed by atoms with Crippen LogP contribution in [-0.4, -0.2) is 78.3 Å². The number of rotatable bonds is 12. The van der Waals surface area contributed by atoms with E-state index in [0.29, 0.717) is 28.8 Å². The van der Waals surface area contributed by atoms with Crippen LogP contribution in [0.5, 0.6) is 5.75 Å². The van der Waals surface area contributed by atoms with E-state index in [1.165, 1.54) is 24.7 Å². The molecule has 1 aliphatic heterocycles. The van der Waals surface area contributed by atoms with Gasteiger partial charge in [0.1, 0.15) is 35.4 Å². The Morgan fingerprint density at radius 3 is 2.62 bits per heavy atom. The first-order valence-electron chi connectivity index (χ1n) is 13.9. The second-order valence-electron chi connectivity index (χ2n) is 11.1. The van der Waals surface area contributed by atoms with Gasteiger partial charge in [-0.15, -0.1) is 0 Å². The zero-order valence-corrected chi connectivity index (χ0v) is 25.0. The molecule has 1 aromatic carbocycles. The fourth-order valence-corrected chi connectivity index (χ4v) is 6.10. The van der Waals surface area contributed by atoms with Crippen molar-refractivity contribution in [1.82, 2.24) is 24.6 Å². The van der Waals surface area contributed by atoms with Gasteiger partial charge in [0, 0.05) is 6.04 Å². The van der Waals surface area contributed by atoms with Gasteiger partial charge in [0.05, 0.1) is 19.0 Å². The highest BCUT2D eigenvalue weighted by molar-refractivity contribution is 7.52. The van der Waals surface area contributed by atoms with Crippen LogP contribution in [-0.2, 0) is 23.4 Å². The quantitative estimate of drug-likeness (QED) is 0.175. The highest BCUT2D eigenvalue weighted by Crippen LogP contribution is 2.47. The number of nitrogens with one attached hydrogen (secondary N) is 2. The van der Waals surface area contributed by atoms with Crippen LogP contribution in [0.15, 0.2) is 36.7 Å². The SMILES string of the molecule is Cc1nc(NC2CC2)c2ncn([C@@H]3O[C@H](CO[P@@](=O)(N[C@@H](C)C(=O)OC(C)C)Oc4ccccc4)[C@@H](O)[C@@]3(C)O)c2n1. The van der Waals surface area contributed by atoms with Gasteiger partial charge in [-0.05, 0) is 59.6 Å². The Bertz CT molecular complexity index is 1460. The minimum Gasteiger partial charge on any atom is -0.462 e. The van der Waals surface area contributed by atoms with Gasteiger partial charge in [-0.1, -0.05) is 18.2 Å². The number of hydrogen-bond acceptors (Lipinski definition) is 12. The Labute approximate surface area is 243 Å². The van der Waals surface area contributed by atoms with Gasteiger partial charge in [0.25, 0.3) is 0 Å². The molecule has 1 aliphatic carbocycles. The summed E-state index contributed by atoms with van der Waals surface area (Å²) >= 11 is 0. The number of aryl methyl sites for hydroxylation is 1. The third kappa shape index (κ3) is 6.59. The van der Waals surface area contributed by atoms with Crippen molar-refractivity contribution in [3.8, 4) is 5.75 Å². The van der Waals surface area contributed by atoms with Gasteiger partial charge in [-0.3, -0.25) is 13.9 Å². The average Bonchev–Trinajstić information content (AvgIpc) is 3.59. The number of nitrogens with zero attached hydrogens (tertiary/aromatic N) is 4. The number of anilines is 1. The molecule has 0 bridgehead atoms. The van der Waals surface area contributed by atoms with Crippen LogP contribution in [0, 0.1) is 6.92 Å². The Kier molecular flexibility index (Phi) is 8.57. The Balaban J connectivity index is 1.36. The number of carbonyl (C=O) groups is 1. The maximum atomic E-state index is 13.9. The molecule has 0 unspecified atom stereocenters. The molecule has 2 fully saturated rings. The molecule has 3 aromatic rings. The lowest BCUT2D eigenvalue weighted by molar-refractivity contribution is -0.149. The minimum atomic E-state index is -4.23. The predicted molar refractivity (Wildman–Crippen MR) is 152 cm³/mol. The van der Waals surface area contributed by atoms with Crippen LogP contribution in [0.2, 0.25) is 0 Å². The van der Waals surface area contributed by atoms with Gasteiger partial charge in [-0.2, -0.15) is 5.09 Å². The molecule has 228 valence electrons. The molecule has 0 spiro atoms. The molecule has 14 nitrogen and oxygen atoms in total. The number of carbonyl (C=O) groups excluding carboxylic acids is 1. The van der Waals surface area contributed by atoms with Gasteiger partial charge >= 0.3 is 13.7 Å². The van der Waals surface area contributed by atoms with Gasteiger partial charge < -0.3 is 29.5 Å². The third-order valence-electron chi connectivity index (χ3n) is 6.89. The summed E-state index contributed by atoms with van der Waals surface area (Å²) in [4.78, 5) is 25.9. The van der Waals surface area contributed by atoms with Crippen LogP contribution in [0.4, 0.5) is 5.82 Å². The van der Waals surface area contributed by atoms with Crippen LogP contribution >= 0.6 is 7.75 Å². The number of aromatic nitrogens is 4. The second kappa shape index (κ2) is 11.9. The Morgan fingerprint density at radius 2 is 1.95 bits per heavy atom. The van der Waals surface area contributed by atoms with E-state index in [0.717, 1.165) is 12.8 Å². The molecule has 2 aliphatic rings. The molecular weight excluding hydrogens is 567 g/mol. The lowest BCUT2D eigenvalue weighted by atomic mass is 9.96. The minimum absolute atomic E-state index is 0.228. The number of benzene rings is 1. The summed E-state index contributed by atoms with van der Waals surface area (Å²) in [6.45, 7) is 7.59. The molecular formula is C27H37N6O8P. The van der Waals surface area contributed by atoms with Crippen LogP contribution in [0.25, 0.3) is 11.2 Å². The number of ether oxygens (including phenoxy) is 2. The van der Waals surface area contributed by atoms with E-state index >= 15 is 0 Å². The van der Waals surface area contributed by atoms with E-state index in [1.54, 1.807) is 51.1 Å². The molecule has 1 saturated heterocycles. The third-order valence-corrected chi connectivity index (χ3v) is 8.54. The van der Waals surface area contributed by atoms with E-state index in [-0.39, 0.29) is 11.9 Å². The van der Waals surface area contributed by atoms with E-state index in [2.05, 4.69) is 25.4 Å². The van der Waals surface area contributed by atoms with Crippen LogP contribution in [0.3, 0.4) is 0 Å². The topological polar surface area (TPSA) is 179 Å². The van der Waals surface area contributed by atoms with Gasteiger partial charge in [0.15, 0.2) is 23.2 Å².